The summed E-state index contributed by atoms with van der Waals surface area (Å²) in [6.45, 7) is 8.00. The summed E-state index contributed by atoms with van der Waals surface area (Å²) in [5, 5.41) is 3.04. The molecule has 0 aliphatic rings. The first-order valence-corrected chi connectivity index (χ1v) is 9.30. The summed E-state index contributed by atoms with van der Waals surface area (Å²) in [7, 11) is 0. The van der Waals surface area contributed by atoms with E-state index in [0.717, 1.165) is 35.4 Å². The molecular formula is C22H27N3O. The van der Waals surface area contributed by atoms with E-state index in [0.29, 0.717) is 18.9 Å². The zero-order chi connectivity index (χ0) is 18.5. The minimum atomic E-state index is 0.0609. The third kappa shape index (κ3) is 4.31. The van der Waals surface area contributed by atoms with Crippen LogP contribution in [0.2, 0.25) is 0 Å². The summed E-state index contributed by atoms with van der Waals surface area (Å²) >= 11 is 0. The summed E-state index contributed by atoms with van der Waals surface area (Å²) in [6.07, 6.45) is 1.16. The van der Waals surface area contributed by atoms with Gasteiger partial charge in [-0.05, 0) is 36.1 Å². The highest BCUT2D eigenvalue weighted by molar-refractivity contribution is 5.79. The van der Waals surface area contributed by atoms with Crippen molar-refractivity contribution < 1.29 is 4.79 Å². The van der Waals surface area contributed by atoms with Gasteiger partial charge in [-0.3, -0.25) is 4.79 Å². The van der Waals surface area contributed by atoms with E-state index < -0.39 is 0 Å². The van der Waals surface area contributed by atoms with Crippen molar-refractivity contribution >= 4 is 16.9 Å². The predicted octanol–water partition coefficient (Wildman–Crippen LogP) is 3.90. The maximum atomic E-state index is 12.3. The molecule has 0 radical (unpaired) electrons. The number of benzene rings is 2. The molecule has 1 aromatic heterocycles. The van der Waals surface area contributed by atoms with Crippen molar-refractivity contribution in [2.45, 2.75) is 40.2 Å². The number of imidazole rings is 1. The number of aryl methyl sites for hydroxylation is 1. The fourth-order valence-corrected chi connectivity index (χ4v) is 3.24. The van der Waals surface area contributed by atoms with Crippen LogP contribution in [0.5, 0.6) is 0 Å². The standard InChI is InChI=1S/C22H27N3O/c1-16(2)15-25-20-11-7-6-10-19(20)24-21(25)12-13-23-22(26)14-18-9-5-4-8-17(18)3/h4-11,16H,12-15H2,1-3H3,(H,23,26). The zero-order valence-electron chi connectivity index (χ0n) is 15.8. The highest BCUT2D eigenvalue weighted by Crippen LogP contribution is 2.18. The van der Waals surface area contributed by atoms with Crippen LogP contribution in [0.4, 0.5) is 0 Å². The Hall–Kier alpha value is -2.62. The van der Waals surface area contributed by atoms with Crippen LogP contribution in [-0.4, -0.2) is 22.0 Å². The Labute approximate surface area is 155 Å². The van der Waals surface area contributed by atoms with Crippen LogP contribution in [0, 0.1) is 12.8 Å². The fourth-order valence-electron chi connectivity index (χ4n) is 3.24. The quantitative estimate of drug-likeness (QED) is 0.703. The van der Waals surface area contributed by atoms with Crippen LogP contribution in [-0.2, 0) is 24.2 Å². The Morgan fingerprint density at radius 3 is 2.62 bits per heavy atom. The number of amides is 1. The van der Waals surface area contributed by atoms with E-state index in [4.69, 9.17) is 4.98 Å². The van der Waals surface area contributed by atoms with Crippen molar-refractivity contribution in [1.82, 2.24) is 14.9 Å². The molecule has 26 heavy (non-hydrogen) atoms. The number of carbonyl (C=O) groups excluding carboxylic acids is 1. The monoisotopic (exact) mass is 349 g/mol. The highest BCUT2D eigenvalue weighted by atomic mass is 16.1. The largest absolute Gasteiger partial charge is 0.355 e. The lowest BCUT2D eigenvalue weighted by molar-refractivity contribution is -0.120. The van der Waals surface area contributed by atoms with Crippen molar-refractivity contribution in [2.75, 3.05) is 6.54 Å². The lowest BCUT2D eigenvalue weighted by Gasteiger charge is -2.12. The minimum Gasteiger partial charge on any atom is -0.355 e. The molecule has 4 heteroatoms. The van der Waals surface area contributed by atoms with E-state index in [-0.39, 0.29) is 5.91 Å². The molecule has 0 aliphatic carbocycles. The molecule has 4 nitrogen and oxygen atoms in total. The number of nitrogens with zero attached hydrogens (tertiary/aromatic N) is 2. The SMILES string of the molecule is Cc1ccccc1CC(=O)NCCc1nc2ccccc2n1CC(C)C. The lowest BCUT2D eigenvalue weighted by Crippen LogP contribution is -2.28. The molecule has 0 bridgehead atoms. The Balaban J connectivity index is 1.64. The molecule has 0 fully saturated rings. The molecule has 0 aliphatic heterocycles. The molecule has 3 aromatic rings. The van der Waals surface area contributed by atoms with E-state index in [9.17, 15) is 4.79 Å². The van der Waals surface area contributed by atoms with Crippen LogP contribution in [0.25, 0.3) is 11.0 Å². The number of aromatic nitrogens is 2. The van der Waals surface area contributed by atoms with E-state index in [1.54, 1.807) is 0 Å². The Bertz CT molecular complexity index is 895. The number of para-hydroxylation sites is 2. The summed E-state index contributed by atoms with van der Waals surface area (Å²) in [5.41, 5.74) is 4.43. The van der Waals surface area contributed by atoms with Gasteiger partial charge in [0.25, 0.3) is 0 Å². The van der Waals surface area contributed by atoms with E-state index in [1.807, 2.05) is 43.3 Å². The van der Waals surface area contributed by atoms with Gasteiger partial charge in [-0.1, -0.05) is 50.2 Å². The molecule has 0 atom stereocenters. The third-order valence-corrected chi connectivity index (χ3v) is 4.56. The molecule has 0 unspecified atom stereocenters. The number of rotatable bonds is 7. The average Bonchev–Trinajstić information content (AvgIpc) is 2.94. The molecule has 3 rings (SSSR count). The molecule has 1 amide bonds. The number of hydrogen-bond donors (Lipinski definition) is 1. The van der Waals surface area contributed by atoms with Gasteiger partial charge in [-0.15, -0.1) is 0 Å². The average molecular weight is 349 g/mol. The number of fused-ring (bicyclic) bond motifs is 1. The Morgan fingerprint density at radius 1 is 1.12 bits per heavy atom. The molecule has 2 aromatic carbocycles. The second kappa shape index (κ2) is 8.17. The van der Waals surface area contributed by atoms with Gasteiger partial charge in [0.1, 0.15) is 5.82 Å². The van der Waals surface area contributed by atoms with Crippen LogP contribution in [0.15, 0.2) is 48.5 Å². The van der Waals surface area contributed by atoms with E-state index in [2.05, 4.69) is 35.9 Å². The van der Waals surface area contributed by atoms with Gasteiger partial charge < -0.3 is 9.88 Å². The van der Waals surface area contributed by atoms with Gasteiger partial charge in [0.05, 0.1) is 17.5 Å². The van der Waals surface area contributed by atoms with Crippen molar-refractivity contribution in [1.29, 1.82) is 0 Å². The third-order valence-electron chi connectivity index (χ3n) is 4.56. The van der Waals surface area contributed by atoms with Gasteiger partial charge in [0.2, 0.25) is 5.91 Å². The van der Waals surface area contributed by atoms with Gasteiger partial charge in [0, 0.05) is 19.5 Å². The first kappa shape index (κ1) is 18.2. The maximum absolute atomic E-state index is 12.3. The molecule has 0 saturated carbocycles. The smallest absolute Gasteiger partial charge is 0.224 e. The van der Waals surface area contributed by atoms with Gasteiger partial charge in [-0.2, -0.15) is 0 Å². The van der Waals surface area contributed by atoms with Crippen LogP contribution < -0.4 is 5.32 Å². The zero-order valence-corrected chi connectivity index (χ0v) is 15.8. The van der Waals surface area contributed by atoms with Crippen molar-refractivity contribution in [2.24, 2.45) is 5.92 Å². The summed E-state index contributed by atoms with van der Waals surface area (Å²) < 4.78 is 2.29. The molecular weight excluding hydrogens is 322 g/mol. The first-order valence-electron chi connectivity index (χ1n) is 9.30. The molecule has 1 N–H and O–H groups in total. The second-order valence-electron chi connectivity index (χ2n) is 7.22. The number of hydrogen-bond acceptors (Lipinski definition) is 2. The normalized spacial score (nSPS) is 11.2. The maximum Gasteiger partial charge on any atom is 0.224 e. The summed E-state index contributed by atoms with van der Waals surface area (Å²) in [6, 6.07) is 16.3. The topological polar surface area (TPSA) is 46.9 Å². The molecule has 0 spiro atoms. The predicted molar refractivity (Wildman–Crippen MR) is 106 cm³/mol. The van der Waals surface area contributed by atoms with Crippen LogP contribution in [0.1, 0.15) is 30.8 Å². The molecule has 0 saturated heterocycles. The van der Waals surface area contributed by atoms with E-state index >= 15 is 0 Å². The van der Waals surface area contributed by atoms with Crippen molar-refractivity contribution in [3.8, 4) is 0 Å². The first-order chi connectivity index (χ1) is 12.5. The van der Waals surface area contributed by atoms with Gasteiger partial charge >= 0.3 is 0 Å². The Kier molecular flexibility index (Phi) is 5.71. The summed E-state index contributed by atoms with van der Waals surface area (Å²) in [5.74, 6) is 1.64. The minimum absolute atomic E-state index is 0.0609. The fraction of sp³-hybridized carbons (Fsp3) is 0.364. The summed E-state index contributed by atoms with van der Waals surface area (Å²) in [4.78, 5) is 17.0. The van der Waals surface area contributed by atoms with Crippen molar-refractivity contribution in [3.63, 3.8) is 0 Å². The number of nitrogens with one attached hydrogen (secondary N) is 1. The van der Waals surface area contributed by atoms with Crippen LogP contribution >= 0.6 is 0 Å². The van der Waals surface area contributed by atoms with Gasteiger partial charge in [-0.25, -0.2) is 4.98 Å². The highest BCUT2D eigenvalue weighted by Gasteiger charge is 2.12. The van der Waals surface area contributed by atoms with Crippen molar-refractivity contribution in [3.05, 3.63) is 65.5 Å². The number of carbonyl (C=O) groups is 1. The molecule has 136 valence electrons. The lowest BCUT2D eigenvalue weighted by atomic mass is 10.1. The molecule has 1 heterocycles. The van der Waals surface area contributed by atoms with Gasteiger partial charge in [0.15, 0.2) is 0 Å². The Morgan fingerprint density at radius 2 is 1.85 bits per heavy atom. The van der Waals surface area contributed by atoms with E-state index in [1.165, 1.54) is 5.52 Å². The second-order valence-corrected chi connectivity index (χ2v) is 7.22. The van der Waals surface area contributed by atoms with Crippen LogP contribution in [0.3, 0.4) is 0 Å².